The summed E-state index contributed by atoms with van der Waals surface area (Å²) in [5, 5.41) is 13.6. The number of aromatic carboxylic acids is 1. The number of likely N-dealkylation sites (tertiary alicyclic amines) is 1. The molecule has 0 spiro atoms. The Labute approximate surface area is 148 Å². The summed E-state index contributed by atoms with van der Waals surface area (Å²) in [4.78, 5) is 13.7. The number of hydrogen-bond acceptors (Lipinski definition) is 3. The molecule has 1 fully saturated rings. The van der Waals surface area contributed by atoms with Gasteiger partial charge >= 0.3 is 5.97 Å². The third kappa shape index (κ3) is 3.99. The molecule has 2 heterocycles. The number of carboxylic acid groups (broad SMARTS) is 1. The first-order valence-electron chi connectivity index (χ1n) is 8.76. The molecule has 1 aromatic carbocycles. The van der Waals surface area contributed by atoms with Gasteiger partial charge in [0.15, 0.2) is 0 Å². The second-order valence-electron chi connectivity index (χ2n) is 6.73. The predicted octanol–water partition coefficient (Wildman–Crippen LogP) is 3.46. The number of hydrogen-bond donors (Lipinski definition) is 1. The second kappa shape index (κ2) is 7.66. The van der Waals surface area contributed by atoms with Gasteiger partial charge in [-0.3, -0.25) is 9.58 Å². The Morgan fingerprint density at radius 3 is 3.08 bits per heavy atom. The van der Waals surface area contributed by atoms with E-state index in [1.807, 2.05) is 35.2 Å². The van der Waals surface area contributed by atoms with Gasteiger partial charge in [0.2, 0.25) is 0 Å². The Morgan fingerprint density at radius 2 is 2.32 bits per heavy atom. The number of carbonyl (C=O) groups is 1. The third-order valence-electron chi connectivity index (χ3n) is 5.01. The topological polar surface area (TPSA) is 58.4 Å². The van der Waals surface area contributed by atoms with Crippen molar-refractivity contribution in [3.63, 3.8) is 0 Å². The minimum absolute atomic E-state index is 0.371. The molecule has 1 aliphatic rings. The molecule has 0 radical (unpaired) electrons. The van der Waals surface area contributed by atoms with Crippen molar-refractivity contribution in [1.29, 1.82) is 0 Å². The van der Waals surface area contributed by atoms with Gasteiger partial charge in [-0.05, 0) is 49.9 Å². The van der Waals surface area contributed by atoms with Crippen LogP contribution in [0.5, 0.6) is 0 Å². The Hall–Kier alpha value is -2.40. The van der Waals surface area contributed by atoms with Crippen LogP contribution >= 0.6 is 0 Å². The summed E-state index contributed by atoms with van der Waals surface area (Å²) in [5.41, 5.74) is 3.94. The molecule has 0 saturated carbocycles. The van der Waals surface area contributed by atoms with Gasteiger partial charge in [0, 0.05) is 24.3 Å². The van der Waals surface area contributed by atoms with Crippen LogP contribution in [0.2, 0.25) is 0 Å². The molecular formula is C20H25N3O2. The summed E-state index contributed by atoms with van der Waals surface area (Å²) in [6.07, 6.45) is 6.04. The lowest BCUT2D eigenvalue weighted by molar-refractivity contribution is 0.0696. The van der Waals surface area contributed by atoms with Crippen molar-refractivity contribution in [1.82, 2.24) is 14.7 Å². The molecule has 0 aliphatic carbocycles. The van der Waals surface area contributed by atoms with Gasteiger partial charge in [0.05, 0.1) is 18.3 Å². The van der Waals surface area contributed by atoms with Crippen molar-refractivity contribution < 1.29 is 9.90 Å². The summed E-state index contributed by atoms with van der Waals surface area (Å²) in [6, 6.07) is 7.38. The van der Waals surface area contributed by atoms with E-state index in [4.69, 9.17) is 0 Å². The molecule has 1 N–H and O–H groups in total. The average molecular weight is 339 g/mol. The highest BCUT2D eigenvalue weighted by molar-refractivity contribution is 5.87. The fraction of sp³-hybridized carbons (Fsp3) is 0.400. The van der Waals surface area contributed by atoms with Crippen molar-refractivity contribution in [2.24, 2.45) is 0 Å². The van der Waals surface area contributed by atoms with Crippen LogP contribution in [0.15, 0.2) is 43.1 Å². The lowest BCUT2D eigenvalue weighted by atomic mass is 9.89. The zero-order valence-electron chi connectivity index (χ0n) is 14.7. The van der Waals surface area contributed by atoms with E-state index in [9.17, 15) is 9.90 Å². The van der Waals surface area contributed by atoms with E-state index in [-0.39, 0.29) is 0 Å². The normalized spacial score (nSPS) is 18.2. The average Bonchev–Trinajstić information content (AvgIpc) is 2.96. The monoisotopic (exact) mass is 339 g/mol. The molecule has 2 aromatic rings. The maximum absolute atomic E-state index is 11.2. The summed E-state index contributed by atoms with van der Waals surface area (Å²) in [7, 11) is 0. The Bertz CT molecular complexity index is 766. The van der Waals surface area contributed by atoms with E-state index in [1.165, 1.54) is 11.3 Å². The molecule has 0 amide bonds. The van der Waals surface area contributed by atoms with Gasteiger partial charge < -0.3 is 5.11 Å². The maximum Gasteiger partial charge on any atom is 0.335 e. The number of allylic oxidation sites excluding steroid dienone is 1. The smallest absolute Gasteiger partial charge is 0.335 e. The summed E-state index contributed by atoms with van der Waals surface area (Å²) in [5.74, 6) is -0.476. The van der Waals surface area contributed by atoms with Crippen LogP contribution in [0.1, 0.15) is 45.9 Å². The van der Waals surface area contributed by atoms with Crippen molar-refractivity contribution >= 4 is 5.97 Å². The molecule has 1 atom stereocenters. The van der Waals surface area contributed by atoms with E-state index in [2.05, 4.69) is 23.5 Å². The largest absolute Gasteiger partial charge is 0.478 e. The highest BCUT2D eigenvalue weighted by Gasteiger charge is 2.23. The van der Waals surface area contributed by atoms with Crippen LogP contribution in [0, 0.1) is 6.92 Å². The van der Waals surface area contributed by atoms with Crippen LogP contribution in [0.3, 0.4) is 0 Å². The minimum atomic E-state index is -0.861. The predicted molar refractivity (Wildman–Crippen MR) is 97.8 cm³/mol. The van der Waals surface area contributed by atoms with E-state index in [1.54, 1.807) is 6.07 Å². The van der Waals surface area contributed by atoms with E-state index < -0.39 is 5.97 Å². The molecular weight excluding hydrogens is 314 g/mol. The standard InChI is InChI=1S/C20H25N3O2/c1-3-9-23-15(2)19(12-21-23)14-22-10-5-8-18(13-22)16-6-4-7-17(11-16)20(24)25/h3-4,6-7,11-12,18H,1,5,8-10,13-14H2,2H3,(H,24,25). The SMILES string of the molecule is C=CCn1ncc(CN2CCCC(c3cccc(C(=O)O)c3)C2)c1C. The molecule has 5 heteroatoms. The van der Waals surface area contributed by atoms with Gasteiger partial charge in [-0.15, -0.1) is 6.58 Å². The van der Waals surface area contributed by atoms with Crippen LogP contribution in [0.25, 0.3) is 0 Å². The second-order valence-corrected chi connectivity index (χ2v) is 6.73. The lowest BCUT2D eigenvalue weighted by Gasteiger charge is -2.33. The van der Waals surface area contributed by atoms with Crippen molar-refractivity contribution in [3.05, 3.63) is 65.5 Å². The van der Waals surface area contributed by atoms with Crippen molar-refractivity contribution in [3.8, 4) is 0 Å². The zero-order chi connectivity index (χ0) is 17.8. The highest BCUT2D eigenvalue weighted by Crippen LogP contribution is 2.28. The molecule has 1 aromatic heterocycles. The van der Waals surface area contributed by atoms with E-state index in [0.717, 1.165) is 44.6 Å². The molecule has 1 aliphatic heterocycles. The van der Waals surface area contributed by atoms with Gasteiger partial charge in [-0.25, -0.2) is 4.79 Å². The maximum atomic E-state index is 11.2. The van der Waals surface area contributed by atoms with Crippen molar-refractivity contribution in [2.45, 2.75) is 38.8 Å². The fourth-order valence-electron chi connectivity index (χ4n) is 3.58. The van der Waals surface area contributed by atoms with Crippen LogP contribution in [0.4, 0.5) is 0 Å². The molecule has 1 saturated heterocycles. The molecule has 0 bridgehead atoms. The number of nitrogens with zero attached hydrogens (tertiary/aromatic N) is 3. The first-order valence-corrected chi connectivity index (χ1v) is 8.76. The molecule has 5 nitrogen and oxygen atoms in total. The van der Waals surface area contributed by atoms with Gasteiger partial charge in [-0.1, -0.05) is 18.2 Å². The van der Waals surface area contributed by atoms with Crippen LogP contribution in [-0.4, -0.2) is 38.8 Å². The highest BCUT2D eigenvalue weighted by atomic mass is 16.4. The van der Waals surface area contributed by atoms with Crippen LogP contribution in [-0.2, 0) is 13.1 Å². The minimum Gasteiger partial charge on any atom is -0.478 e. The Morgan fingerprint density at radius 1 is 1.48 bits per heavy atom. The van der Waals surface area contributed by atoms with E-state index in [0.29, 0.717) is 11.5 Å². The first-order chi connectivity index (χ1) is 12.1. The fourth-order valence-corrected chi connectivity index (χ4v) is 3.58. The first kappa shape index (κ1) is 17.4. The summed E-state index contributed by atoms with van der Waals surface area (Å²) < 4.78 is 1.97. The molecule has 3 rings (SSSR count). The summed E-state index contributed by atoms with van der Waals surface area (Å²) in [6.45, 7) is 9.52. The number of benzene rings is 1. The number of carboxylic acids is 1. The zero-order valence-corrected chi connectivity index (χ0v) is 14.7. The van der Waals surface area contributed by atoms with Gasteiger partial charge in [0.1, 0.15) is 0 Å². The number of piperidine rings is 1. The number of aromatic nitrogens is 2. The Balaban J connectivity index is 1.70. The number of rotatable bonds is 6. The van der Waals surface area contributed by atoms with Crippen LogP contribution < -0.4 is 0 Å². The molecule has 25 heavy (non-hydrogen) atoms. The molecule has 1 unspecified atom stereocenters. The van der Waals surface area contributed by atoms with E-state index >= 15 is 0 Å². The summed E-state index contributed by atoms with van der Waals surface area (Å²) >= 11 is 0. The van der Waals surface area contributed by atoms with Crippen molar-refractivity contribution in [2.75, 3.05) is 13.1 Å². The lowest BCUT2D eigenvalue weighted by Crippen LogP contribution is -2.34. The van der Waals surface area contributed by atoms with Gasteiger partial charge in [0.25, 0.3) is 0 Å². The third-order valence-corrected chi connectivity index (χ3v) is 5.01. The quantitative estimate of drug-likeness (QED) is 0.819. The van der Waals surface area contributed by atoms with Gasteiger partial charge in [-0.2, -0.15) is 5.10 Å². The Kier molecular flexibility index (Phi) is 5.34. The molecule has 132 valence electrons.